The van der Waals surface area contributed by atoms with Gasteiger partial charge < -0.3 is 15.5 Å². The Labute approximate surface area is 157 Å². The lowest BCUT2D eigenvalue weighted by Crippen LogP contribution is -2.48. The minimum atomic E-state index is -1.19. The van der Waals surface area contributed by atoms with Crippen LogP contribution in [0.25, 0.3) is 0 Å². The third kappa shape index (κ3) is 4.00. The number of hydrogen-bond acceptors (Lipinski definition) is 5. The fourth-order valence-electron chi connectivity index (χ4n) is 3.63. The van der Waals surface area contributed by atoms with E-state index in [4.69, 9.17) is 5.73 Å². The average Bonchev–Trinajstić information content (AvgIpc) is 2.66. The standard InChI is InChI=1S/C19H24F3N5/c1-3-26(4-2)18-9-19(25-11-24-18)27-6-5-12(17(23)10-27)13-7-15(21)16(22)8-14(13)20/h7-9,11-12,17H,3-6,10,23H2,1-2H3/t12-,17+/m0/s1. The Balaban J connectivity index is 1.78. The molecule has 2 N–H and O–H groups in total. The smallest absolute Gasteiger partial charge is 0.161 e. The molecule has 27 heavy (non-hydrogen) atoms. The van der Waals surface area contributed by atoms with Crippen molar-refractivity contribution in [1.82, 2.24) is 9.97 Å². The molecule has 0 unspecified atom stereocenters. The Kier molecular flexibility index (Phi) is 5.84. The highest BCUT2D eigenvalue weighted by Gasteiger charge is 2.31. The lowest BCUT2D eigenvalue weighted by molar-refractivity contribution is 0.416. The van der Waals surface area contributed by atoms with Gasteiger partial charge in [0.15, 0.2) is 11.6 Å². The van der Waals surface area contributed by atoms with Gasteiger partial charge in [-0.3, -0.25) is 0 Å². The molecule has 8 heteroatoms. The fourth-order valence-corrected chi connectivity index (χ4v) is 3.63. The molecule has 1 saturated heterocycles. The number of hydrogen-bond donors (Lipinski definition) is 1. The molecule has 1 aromatic carbocycles. The van der Waals surface area contributed by atoms with Crippen LogP contribution < -0.4 is 15.5 Å². The van der Waals surface area contributed by atoms with Crippen LogP contribution in [0.15, 0.2) is 24.5 Å². The number of piperidine rings is 1. The minimum Gasteiger partial charge on any atom is -0.357 e. The molecule has 1 fully saturated rings. The molecule has 3 rings (SSSR count). The van der Waals surface area contributed by atoms with Crippen LogP contribution in [-0.4, -0.2) is 42.2 Å². The lowest BCUT2D eigenvalue weighted by atomic mass is 9.85. The van der Waals surface area contributed by atoms with E-state index in [0.29, 0.717) is 25.6 Å². The molecule has 146 valence electrons. The quantitative estimate of drug-likeness (QED) is 0.809. The molecule has 2 aromatic rings. The van der Waals surface area contributed by atoms with Crippen molar-refractivity contribution >= 4 is 11.6 Å². The van der Waals surface area contributed by atoms with Gasteiger partial charge in [0.05, 0.1) is 0 Å². The van der Waals surface area contributed by atoms with Crippen molar-refractivity contribution in [1.29, 1.82) is 0 Å². The molecule has 1 aliphatic rings. The highest BCUT2D eigenvalue weighted by atomic mass is 19.2. The molecule has 2 atom stereocenters. The summed E-state index contributed by atoms with van der Waals surface area (Å²) >= 11 is 0. The average molecular weight is 379 g/mol. The van der Waals surface area contributed by atoms with Crippen LogP contribution in [0.5, 0.6) is 0 Å². The third-order valence-corrected chi connectivity index (χ3v) is 5.15. The predicted octanol–water partition coefficient (Wildman–Crippen LogP) is 3.06. The molecule has 0 bridgehead atoms. The van der Waals surface area contributed by atoms with Gasteiger partial charge in [0.25, 0.3) is 0 Å². The summed E-state index contributed by atoms with van der Waals surface area (Å²) in [6, 6.07) is 3.00. The van der Waals surface area contributed by atoms with E-state index in [2.05, 4.69) is 28.7 Å². The Bertz CT molecular complexity index is 797. The first-order chi connectivity index (χ1) is 12.9. The molecule has 0 amide bonds. The molecule has 0 radical (unpaired) electrons. The summed E-state index contributed by atoms with van der Waals surface area (Å²) in [4.78, 5) is 12.8. The topological polar surface area (TPSA) is 58.3 Å². The van der Waals surface area contributed by atoms with Crippen molar-refractivity contribution in [2.24, 2.45) is 5.73 Å². The maximum Gasteiger partial charge on any atom is 0.161 e. The van der Waals surface area contributed by atoms with E-state index in [1.165, 1.54) is 6.33 Å². The fraction of sp³-hybridized carbons (Fsp3) is 0.474. The van der Waals surface area contributed by atoms with Crippen LogP contribution in [0.3, 0.4) is 0 Å². The molecular weight excluding hydrogens is 355 g/mol. The summed E-state index contributed by atoms with van der Waals surface area (Å²) in [6.07, 6.45) is 2.05. The summed E-state index contributed by atoms with van der Waals surface area (Å²) in [5.74, 6) is -1.78. The third-order valence-electron chi connectivity index (χ3n) is 5.15. The van der Waals surface area contributed by atoms with E-state index in [1.54, 1.807) is 0 Å². The van der Waals surface area contributed by atoms with Crippen molar-refractivity contribution < 1.29 is 13.2 Å². The minimum absolute atomic E-state index is 0.132. The second-order valence-corrected chi connectivity index (χ2v) is 6.70. The number of halogens is 3. The molecule has 2 heterocycles. The van der Waals surface area contributed by atoms with Crippen molar-refractivity contribution in [3.63, 3.8) is 0 Å². The Morgan fingerprint density at radius 1 is 1.07 bits per heavy atom. The van der Waals surface area contributed by atoms with Gasteiger partial charge >= 0.3 is 0 Å². The van der Waals surface area contributed by atoms with Gasteiger partial charge in [-0.1, -0.05) is 0 Å². The van der Waals surface area contributed by atoms with Crippen molar-refractivity contribution in [3.8, 4) is 0 Å². The molecular formula is C19H24F3N5. The lowest BCUT2D eigenvalue weighted by Gasteiger charge is -2.38. The van der Waals surface area contributed by atoms with E-state index in [-0.39, 0.29) is 11.5 Å². The Morgan fingerprint density at radius 2 is 1.78 bits per heavy atom. The van der Waals surface area contributed by atoms with E-state index in [0.717, 1.165) is 30.8 Å². The SMILES string of the molecule is CCN(CC)c1cc(N2CC[C@@H](c3cc(F)c(F)cc3F)[C@H](N)C2)ncn1. The monoisotopic (exact) mass is 379 g/mol. The normalized spacial score (nSPS) is 20.0. The van der Waals surface area contributed by atoms with Gasteiger partial charge in [-0.25, -0.2) is 23.1 Å². The van der Waals surface area contributed by atoms with E-state index in [1.807, 2.05) is 11.0 Å². The summed E-state index contributed by atoms with van der Waals surface area (Å²) < 4.78 is 40.9. The Hall–Kier alpha value is -2.35. The zero-order valence-corrected chi connectivity index (χ0v) is 15.5. The molecule has 5 nitrogen and oxygen atoms in total. The van der Waals surface area contributed by atoms with Crippen LogP contribution in [0.1, 0.15) is 31.7 Å². The molecule has 1 aliphatic heterocycles. The highest BCUT2D eigenvalue weighted by molar-refractivity contribution is 5.50. The Morgan fingerprint density at radius 3 is 2.44 bits per heavy atom. The molecule has 0 saturated carbocycles. The highest BCUT2D eigenvalue weighted by Crippen LogP contribution is 2.32. The molecule has 0 spiro atoms. The van der Waals surface area contributed by atoms with Crippen molar-refractivity contribution in [2.75, 3.05) is 36.0 Å². The zero-order valence-electron chi connectivity index (χ0n) is 15.5. The summed E-state index contributed by atoms with van der Waals surface area (Å²) in [6.45, 7) is 6.82. The summed E-state index contributed by atoms with van der Waals surface area (Å²) in [5.41, 5.74) is 6.40. The number of nitrogens with two attached hydrogens (primary N) is 1. The number of rotatable bonds is 5. The number of anilines is 2. The second kappa shape index (κ2) is 8.12. The molecule has 1 aromatic heterocycles. The van der Waals surface area contributed by atoms with E-state index in [9.17, 15) is 13.2 Å². The predicted molar refractivity (Wildman–Crippen MR) is 99.5 cm³/mol. The van der Waals surface area contributed by atoms with Crippen molar-refractivity contribution in [2.45, 2.75) is 32.2 Å². The maximum absolute atomic E-state index is 14.1. The van der Waals surface area contributed by atoms with Crippen LogP contribution >= 0.6 is 0 Å². The van der Waals surface area contributed by atoms with Gasteiger partial charge in [0, 0.05) is 50.3 Å². The van der Waals surface area contributed by atoms with Gasteiger partial charge in [0.2, 0.25) is 0 Å². The second-order valence-electron chi connectivity index (χ2n) is 6.70. The first-order valence-corrected chi connectivity index (χ1v) is 9.16. The van der Waals surface area contributed by atoms with Crippen LogP contribution in [0.4, 0.5) is 24.8 Å². The van der Waals surface area contributed by atoms with E-state index < -0.39 is 23.5 Å². The van der Waals surface area contributed by atoms with Crippen LogP contribution in [0, 0.1) is 17.5 Å². The van der Waals surface area contributed by atoms with Gasteiger partial charge in [-0.15, -0.1) is 0 Å². The number of aromatic nitrogens is 2. The summed E-state index contributed by atoms with van der Waals surface area (Å²) in [5, 5.41) is 0. The number of nitrogens with zero attached hydrogens (tertiary/aromatic N) is 4. The van der Waals surface area contributed by atoms with Gasteiger partial charge in [-0.2, -0.15) is 0 Å². The first kappa shape index (κ1) is 19.4. The summed E-state index contributed by atoms with van der Waals surface area (Å²) in [7, 11) is 0. The van der Waals surface area contributed by atoms with Crippen LogP contribution in [-0.2, 0) is 0 Å². The number of benzene rings is 1. The zero-order chi connectivity index (χ0) is 19.6. The molecule has 0 aliphatic carbocycles. The van der Waals surface area contributed by atoms with Gasteiger partial charge in [0.1, 0.15) is 23.8 Å². The van der Waals surface area contributed by atoms with E-state index >= 15 is 0 Å². The van der Waals surface area contributed by atoms with Gasteiger partial charge in [-0.05, 0) is 31.9 Å². The first-order valence-electron chi connectivity index (χ1n) is 9.16. The maximum atomic E-state index is 14.1. The van der Waals surface area contributed by atoms with Crippen molar-refractivity contribution in [3.05, 3.63) is 47.5 Å². The van der Waals surface area contributed by atoms with Crippen LogP contribution in [0.2, 0.25) is 0 Å². The largest absolute Gasteiger partial charge is 0.357 e.